The number of halogens is 1. The summed E-state index contributed by atoms with van der Waals surface area (Å²) in [5, 5.41) is 7.02. The monoisotopic (exact) mass is 476 g/mol. The van der Waals surface area contributed by atoms with Gasteiger partial charge in [-0.25, -0.2) is 15.2 Å². The lowest BCUT2D eigenvalue weighted by Crippen LogP contribution is -2.25. The number of nitrogens with one attached hydrogen (secondary N) is 2. The van der Waals surface area contributed by atoms with E-state index in [1.165, 1.54) is 18.4 Å². The molecular formula is C19H17BrN4O4S. The Balaban J connectivity index is 1.56. The van der Waals surface area contributed by atoms with Crippen LogP contribution in [-0.4, -0.2) is 36.4 Å². The van der Waals surface area contributed by atoms with Crippen molar-refractivity contribution >= 4 is 60.3 Å². The van der Waals surface area contributed by atoms with Gasteiger partial charge in [-0.2, -0.15) is 5.10 Å². The van der Waals surface area contributed by atoms with Crippen LogP contribution in [0.25, 0.3) is 10.2 Å². The molecule has 29 heavy (non-hydrogen) atoms. The van der Waals surface area contributed by atoms with Crippen molar-refractivity contribution in [2.45, 2.75) is 6.92 Å². The van der Waals surface area contributed by atoms with Gasteiger partial charge >= 0.3 is 6.09 Å². The van der Waals surface area contributed by atoms with E-state index in [2.05, 4.69) is 41.5 Å². The van der Waals surface area contributed by atoms with Crippen LogP contribution in [0.3, 0.4) is 0 Å². The molecule has 0 saturated carbocycles. The van der Waals surface area contributed by atoms with E-state index in [1.807, 2.05) is 31.2 Å². The fourth-order valence-electron chi connectivity index (χ4n) is 2.27. The second kappa shape index (κ2) is 9.48. The molecular weight excluding hydrogens is 460 g/mol. The third kappa shape index (κ3) is 5.75. The summed E-state index contributed by atoms with van der Waals surface area (Å²) in [4.78, 5) is 27.5. The second-order valence-electron chi connectivity index (χ2n) is 5.79. The van der Waals surface area contributed by atoms with Crippen molar-refractivity contribution in [1.29, 1.82) is 0 Å². The molecule has 2 aromatic carbocycles. The van der Waals surface area contributed by atoms with Crippen LogP contribution in [0.2, 0.25) is 0 Å². The summed E-state index contributed by atoms with van der Waals surface area (Å²) in [5.74, 6) is 0.133. The summed E-state index contributed by atoms with van der Waals surface area (Å²) in [6.07, 6.45) is -0.587. The molecule has 0 aliphatic heterocycles. The van der Waals surface area contributed by atoms with Crippen LogP contribution in [0.1, 0.15) is 12.5 Å². The van der Waals surface area contributed by atoms with Crippen LogP contribution >= 0.6 is 27.3 Å². The number of hydrogen-bond acceptors (Lipinski definition) is 7. The Morgan fingerprint density at radius 2 is 1.97 bits per heavy atom. The number of aromatic nitrogens is 1. The summed E-state index contributed by atoms with van der Waals surface area (Å²) in [7, 11) is 1.28. The van der Waals surface area contributed by atoms with Crippen LogP contribution < -0.4 is 15.5 Å². The Labute approximate surface area is 179 Å². The van der Waals surface area contributed by atoms with Crippen LogP contribution in [-0.2, 0) is 9.53 Å². The van der Waals surface area contributed by atoms with Crippen LogP contribution in [0.15, 0.2) is 52.0 Å². The summed E-state index contributed by atoms with van der Waals surface area (Å²) < 4.78 is 11.8. The third-order valence-corrected chi connectivity index (χ3v) is 5.20. The smallest absolute Gasteiger partial charge is 0.413 e. The molecule has 3 aromatic rings. The first-order chi connectivity index (χ1) is 13.9. The van der Waals surface area contributed by atoms with Crippen LogP contribution in [0.5, 0.6) is 5.75 Å². The number of ether oxygens (including phenoxy) is 2. The highest BCUT2D eigenvalue weighted by atomic mass is 79.9. The quantitative estimate of drug-likeness (QED) is 0.410. The molecule has 2 N–H and O–H groups in total. The van der Waals surface area contributed by atoms with Crippen molar-refractivity contribution in [2.24, 2.45) is 5.10 Å². The summed E-state index contributed by atoms with van der Waals surface area (Å²) in [6, 6.07) is 12.8. The first-order valence-electron chi connectivity index (χ1n) is 8.42. The molecule has 0 spiro atoms. The summed E-state index contributed by atoms with van der Waals surface area (Å²) >= 11 is 4.65. The number of anilines is 1. The van der Waals surface area contributed by atoms with Gasteiger partial charge in [0.15, 0.2) is 11.7 Å². The van der Waals surface area contributed by atoms with E-state index in [4.69, 9.17) is 4.74 Å². The van der Waals surface area contributed by atoms with Crippen molar-refractivity contribution in [3.05, 3.63) is 52.5 Å². The number of carbonyl (C=O) groups is 2. The van der Waals surface area contributed by atoms with Gasteiger partial charge in [0.2, 0.25) is 0 Å². The van der Waals surface area contributed by atoms with Crippen LogP contribution in [0.4, 0.5) is 9.93 Å². The first kappa shape index (κ1) is 20.7. The van der Waals surface area contributed by atoms with Gasteiger partial charge in [-0.1, -0.05) is 39.4 Å². The number of benzene rings is 2. The van der Waals surface area contributed by atoms with Crippen molar-refractivity contribution < 1.29 is 19.1 Å². The largest absolute Gasteiger partial charge is 0.484 e. The topological polar surface area (TPSA) is 102 Å². The Kier molecular flexibility index (Phi) is 6.78. The lowest BCUT2D eigenvalue weighted by atomic mass is 10.1. The zero-order valence-corrected chi connectivity index (χ0v) is 18.0. The number of nitrogens with zero attached hydrogens (tertiary/aromatic N) is 2. The number of methoxy groups -OCH3 is 1. The van der Waals surface area contributed by atoms with Gasteiger partial charge in [0.1, 0.15) is 5.75 Å². The minimum atomic E-state index is -0.587. The molecule has 0 aliphatic carbocycles. The van der Waals surface area contributed by atoms with E-state index < -0.39 is 6.09 Å². The number of thiazole rings is 1. The number of rotatable bonds is 6. The lowest BCUT2D eigenvalue weighted by molar-refractivity contribution is -0.123. The maximum atomic E-state index is 12.0. The Morgan fingerprint density at radius 3 is 2.69 bits per heavy atom. The highest BCUT2D eigenvalue weighted by molar-refractivity contribution is 9.10. The molecule has 1 aromatic heterocycles. The molecule has 0 saturated heterocycles. The Bertz CT molecular complexity index is 1070. The van der Waals surface area contributed by atoms with Gasteiger partial charge in [0, 0.05) is 4.47 Å². The van der Waals surface area contributed by atoms with Gasteiger partial charge in [0.25, 0.3) is 5.91 Å². The number of amides is 2. The van der Waals surface area contributed by atoms with Gasteiger partial charge in [-0.3, -0.25) is 10.1 Å². The SMILES string of the molecule is COC(=O)Nc1nc2ccc(OCC(=O)N/N=C(\C)c3ccc(Br)cc3)cc2s1. The third-order valence-electron chi connectivity index (χ3n) is 3.73. The standard InChI is InChI=1S/C19H17BrN4O4S/c1-11(12-3-5-13(20)6-4-12)23-24-17(25)10-28-14-7-8-15-16(9-14)29-18(21-15)22-19(26)27-2/h3-9H,10H2,1-2H3,(H,24,25)(H,21,22,26)/b23-11+. The molecule has 0 bridgehead atoms. The van der Waals surface area contributed by atoms with E-state index >= 15 is 0 Å². The minimum Gasteiger partial charge on any atom is -0.484 e. The normalized spacial score (nSPS) is 11.2. The number of hydrazone groups is 1. The maximum absolute atomic E-state index is 12.0. The number of hydrogen-bond donors (Lipinski definition) is 2. The molecule has 0 aliphatic rings. The highest BCUT2D eigenvalue weighted by Gasteiger charge is 2.09. The van der Waals surface area contributed by atoms with Gasteiger partial charge in [0.05, 0.1) is 23.0 Å². The Morgan fingerprint density at radius 1 is 1.21 bits per heavy atom. The average molecular weight is 477 g/mol. The zero-order valence-electron chi connectivity index (χ0n) is 15.6. The summed E-state index contributed by atoms with van der Waals surface area (Å²) in [5.41, 5.74) is 4.77. The molecule has 2 amide bonds. The van der Waals surface area contributed by atoms with Gasteiger partial charge in [-0.15, -0.1) is 0 Å². The zero-order chi connectivity index (χ0) is 20.8. The van der Waals surface area contributed by atoms with E-state index in [1.54, 1.807) is 18.2 Å². The molecule has 0 atom stereocenters. The van der Waals surface area contributed by atoms with E-state index in [0.717, 1.165) is 14.7 Å². The molecule has 150 valence electrons. The first-order valence-corrected chi connectivity index (χ1v) is 10.0. The number of carbonyl (C=O) groups excluding carboxylic acids is 2. The van der Waals surface area contributed by atoms with Crippen molar-refractivity contribution in [3.8, 4) is 5.75 Å². The molecule has 3 rings (SSSR count). The molecule has 8 nitrogen and oxygen atoms in total. The predicted molar refractivity (Wildman–Crippen MR) is 116 cm³/mol. The van der Waals surface area contributed by atoms with Crippen molar-refractivity contribution in [1.82, 2.24) is 10.4 Å². The lowest BCUT2D eigenvalue weighted by Gasteiger charge is -2.06. The van der Waals surface area contributed by atoms with Gasteiger partial charge < -0.3 is 9.47 Å². The minimum absolute atomic E-state index is 0.186. The second-order valence-corrected chi connectivity index (χ2v) is 7.74. The summed E-state index contributed by atoms with van der Waals surface area (Å²) in [6.45, 7) is 1.62. The molecule has 0 radical (unpaired) electrons. The molecule has 0 fully saturated rings. The molecule has 0 unspecified atom stereocenters. The van der Waals surface area contributed by atoms with E-state index in [9.17, 15) is 9.59 Å². The van der Waals surface area contributed by atoms with Crippen LogP contribution in [0, 0.1) is 0 Å². The number of fused-ring (bicyclic) bond motifs is 1. The fraction of sp³-hybridized carbons (Fsp3) is 0.158. The van der Waals surface area contributed by atoms with Crippen molar-refractivity contribution in [2.75, 3.05) is 19.0 Å². The molecule has 10 heteroatoms. The fourth-order valence-corrected chi connectivity index (χ4v) is 3.41. The predicted octanol–water partition coefficient (Wildman–Crippen LogP) is 4.16. The van der Waals surface area contributed by atoms with Crippen molar-refractivity contribution in [3.63, 3.8) is 0 Å². The van der Waals surface area contributed by atoms with Gasteiger partial charge in [-0.05, 0) is 42.8 Å². The maximum Gasteiger partial charge on any atom is 0.413 e. The molecule has 1 heterocycles. The average Bonchev–Trinajstić information content (AvgIpc) is 3.12. The highest BCUT2D eigenvalue weighted by Crippen LogP contribution is 2.29. The van der Waals surface area contributed by atoms with E-state index in [-0.39, 0.29) is 12.5 Å². The van der Waals surface area contributed by atoms with E-state index in [0.29, 0.717) is 22.1 Å². The Hall–Kier alpha value is -2.98.